The molecule has 1 saturated heterocycles. The Labute approximate surface area is 160 Å². The largest absolute Gasteiger partial charge is 0.490 e. The fraction of sp³-hybridized carbons (Fsp3) is 0.429. The second-order valence-electron chi connectivity index (χ2n) is 6.95. The monoisotopic (exact) mass is 374 g/mol. The first kappa shape index (κ1) is 19.0. The molecule has 4 nitrogen and oxygen atoms in total. The normalized spacial score (nSPS) is 16.5. The average molecular weight is 375 g/mol. The van der Waals surface area contributed by atoms with Crippen LogP contribution in [-0.4, -0.2) is 55.4 Å². The molecule has 26 heavy (non-hydrogen) atoms. The van der Waals surface area contributed by atoms with Crippen LogP contribution in [-0.2, 0) is 0 Å². The quantitative estimate of drug-likeness (QED) is 0.839. The Hall–Kier alpha value is -1.75. The van der Waals surface area contributed by atoms with Gasteiger partial charge in [-0.1, -0.05) is 35.9 Å². The zero-order chi connectivity index (χ0) is 18.5. The molecule has 0 amide bonds. The van der Waals surface area contributed by atoms with Gasteiger partial charge < -0.3 is 14.7 Å². The van der Waals surface area contributed by atoms with Crippen LogP contribution in [0.1, 0.15) is 11.1 Å². The molecule has 5 heteroatoms. The number of rotatable bonds is 6. The van der Waals surface area contributed by atoms with Gasteiger partial charge in [-0.25, -0.2) is 0 Å². The number of ether oxygens (including phenoxy) is 1. The first-order valence-corrected chi connectivity index (χ1v) is 9.50. The molecule has 1 aliphatic rings. The Kier molecular flexibility index (Phi) is 6.41. The standard InChI is InChI=1S/C21H27ClN2O2/c1-16-5-3-6-17(2)21(16)26-15-20(25)14-23-9-11-24(12-10-23)19-8-4-7-18(22)13-19/h3-8,13,20,25H,9-12,14-15H2,1-2H3. The van der Waals surface area contributed by atoms with Gasteiger partial charge in [-0.15, -0.1) is 0 Å². The lowest BCUT2D eigenvalue weighted by atomic mass is 10.1. The summed E-state index contributed by atoms with van der Waals surface area (Å²) in [6.45, 7) is 8.73. The number of piperazine rings is 1. The third-order valence-corrected chi connectivity index (χ3v) is 5.08. The minimum absolute atomic E-state index is 0.320. The van der Waals surface area contributed by atoms with Crippen LogP contribution in [0.2, 0.25) is 5.02 Å². The summed E-state index contributed by atoms with van der Waals surface area (Å²) in [5, 5.41) is 11.1. The van der Waals surface area contributed by atoms with E-state index in [4.69, 9.17) is 16.3 Å². The molecule has 0 radical (unpaired) electrons. The van der Waals surface area contributed by atoms with E-state index in [-0.39, 0.29) is 0 Å². The number of aliphatic hydroxyl groups excluding tert-OH is 1. The van der Waals surface area contributed by atoms with Gasteiger partial charge >= 0.3 is 0 Å². The summed E-state index contributed by atoms with van der Waals surface area (Å²) < 4.78 is 5.87. The summed E-state index contributed by atoms with van der Waals surface area (Å²) in [6.07, 6.45) is -0.494. The van der Waals surface area contributed by atoms with Crippen LogP contribution in [0.15, 0.2) is 42.5 Å². The van der Waals surface area contributed by atoms with Crippen molar-refractivity contribution in [2.45, 2.75) is 20.0 Å². The summed E-state index contributed by atoms with van der Waals surface area (Å²) in [4.78, 5) is 4.63. The third kappa shape index (κ3) is 4.91. The van der Waals surface area contributed by atoms with Crippen molar-refractivity contribution >= 4 is 17.3 Å². The van der Waals surface area contributed by atoms with Crippen LogP contribution in [0.25, 0.3) is 0 Å². The number of aryl methyl sites for hydroxylation is 2. The average Bonchev–Trinajstić information content (AvgIpc) is 2.62. The zero-order valence-corrected chi connectivity index (χ0v) is 16.2. The lowest BCUT2D eigenvalue weighted by molar-refractivity contribution is 0.0658. The second-order valence-corrected chi connectivity index (χ2v) is 7.39. The lowest BCUT2D eigenvalue weighted by Gasteiger charge is -2.37. The highest BCUT2D eigenvalue weighted by Gasteiger charge is 2.20. The van der Waals surface area contributed by atoms with E-state index in [1.54, 1.807) is 0 Å². The number of hydrogen-bond donors (Lipinski definition) is 1. The number of aliphatic hydroxyl groups is 1. The maximum absolute atomic E-state index is 10.4. The summed E-state index contributed by atoms with van der Waals surface area (Å²) in [5.41, 5.74) is 3.37. The summed E-state index contributed by atoms with van der Waals surface area (Å²) in [6, 6.07) is 14.1. The van der Waals surface area contributed by atoms with Crippen molar-refractivity contribution < 1.29 is 9.84 Å². The highest BCUT2D eigenvalue weighted by molar-refractivity contribution is 6.30. The number of β-amino-alcohol motifs (C(OH)–C–C–N with tert-alkyl or cyclic N) is 1. The van der Waals surface area contributed by atoms with E-state index < -0.39 is 6.10 Å². The van der Waals surface area contributed by atoms with Crippen molar-refractivity contribution in [1.29, 1.82) is 0 Å². The van der Waals surface area contributed by atoms with Gasteiger partial charge in [-0.05, 0) is 43.2 Å². The van der Waals surface area contributed by atoms with Crippen LogP contribution in [0.3, 0.4) is 0 Å². The molecule has 140 valence electrons. The van der Waals surface area contributed by atoms with Crippen molar-refractivity contribution in [3.8, 4) is 5.75 Å². The summed E-state index contributed by atoms with van der Waals surface area (Å²) in [7, 11) is 0. The molecule has 3 rings (SSSR count). The molecule has 1 unspecified atom stereocenters. The minimum atomic E-state index is -0.494. The molecule has 1 aliphatic heterocycles. The maximum atomic E-state index is 10.4. The van der Waals surface area contributed by atoms with Crippen LogP contribution < -0.4 is 9.64 Å². The van der Waals surface area contributed by atoms with Crippen molar-refractivity contribution in [2.75, 3.05) is 44.2 Å². The lowest BCUT2D eigenvalue weighted by Crippen LogP contribution is -2.49. The molecule has 0 saturated carbocycles. The molecule has 0 aliphatic carbocycles. The van der Waals surface area contributed by atoms with E-state index in [1.165, 1.54) is 0 Å². The topological polar surface area (TPSA) is 35.9 Å². The predicted molar refractivity (Wildman–Crippen MR) is 108 cm³/mol. The number of para-hydroxylation sites is 1. The highest BCUT2D eigenvalue weighted by Crippen LogP contribution is 2.23. The van der Waals surface area contributed by atoms with Crippen molar-refractivity contribution in [3.63, 3.8) is 0 Å². The molecule has 0 bridgehead atoms. The van der Waals surface area contributed by atoms with Crippen molar-refractivity contribution in [1.82, 2.24) is 4.90 Å². The Morgan fingerprint density at radius 3 is 2.35 bits per heavy atom. The van der Waals surface area contributed by atoms with E-state index in [9.17, 15) is 5.11 Å². The van der Waals surface area contributed by atoms with Gasteiger partial charge in [0.05, 0.1) is 0 Å². The van der Waals surface area contributed by atoms with Crippen LogP contribution in [0, 0.1) is 13.8 Å². The molecular weight excluding hydrogens is 348 g/mol. The van der Waals surface area contributed by atoms with Gasteiger partial charge in [0.25, 0.3) is 0 Å². The number of hydrogen-bond acceptors (Lipinski definition) is 4. The molecule has 2 aromatic carbocycles. The maximum Gasteiger partial charge on any atom is 0.125 e. The van der Waals surface area contributed by atoms with E-state index >= 15 is 0 Å². The molecule has 1 fully saturated rings. The van der Waals surface area contributed by atoms with Gasteiger partial charge in [0.15, 0.2) is 0 Å². The molecule has 0 spiro atoms. The molecule has 0 aromatic heterocycles. The Morgan fingerprint density at radius 2 is 1.69 bits per heavy atom. The number of nitrogens with zero attached hydrogens (tertiary/aromatic N) is 2. The van der Waals surface area contributed by atoms with Gasteiger partial charge in [-0.3, -0.25) is 4.90 Å². The molecule has 1 N–H and O–H groups in total. The highest BCUT2D eigenvalue weighted by atomic mass is 35.5. The Balaban J connectivity index is 1.45. The molecular formula is C21H27ClN2O2. The SMILES string of the molecule is Cc1cccc(C)c1OCC(O)CN1CCN(c2cccc(Cl)c2)CC1. The third-order valence-electron chi connectivity index (χ3n) is 4.84. The number of anilines is 1. The minimum Gasteiger partial charge on any atom is -0.490 e. The Bertz CT molecular complexity index is 709. The van der Waals surface area contributed by atoms with Gasteiger partial charge in [0.1, 0.15) is 18.5 Å². The van der Waals surface area contributed by atoms with Crippen LogP contribution in [0.5, 0.6) is 5.75 Å². The van der Waals surface area contributed by atoms with E-state index in [2.05, 4.69) is 15.9 Å². The van der Waals surface area contributed by atoms with E-state index in [0.717, 1.165) is 53.8 Å². The first-order valence-electron chi connectivity index (χ1n) is 9.13. The van der Waals surface area contributed by atoms with Crippen LogP contribution >= 0.6 is 11.6 Å². The number of halogens is 1. The zero-order valence-electron chi connectivity index (χ0n) is 15.5. The fourth-order valence-corrected chi connectivity index (χ4v) is 3.60. The van der Waals surface area contributed by atoms with Crippen molar-refractivity contribution in [3.05, 3.63) is 58.6 Å². The van der Waals surface area contributed by atoms with Gasteiger partial charge in [0.2, 0.25) is 0 Å². The Morgan fingerprint density at radius 1 is 1.04 bits per heavy atom. The molecule has 2 aromatic rings. The summed E-state index contributed by atoms with van der Waals surface area (Å²) in [5.74, 6) is 0.886. The van der Waals surface area contributed by atoms with Crippen molar-refractivity contribution in [2.24, 2.45) is 0 Å². The number of benzene rings is 2. The smallest absolute Gasteiger partial charge is 0.125 e. The predicted octanol–water partition coefficient (Wildman–Crippen LogP) is 3.52. The van der Waals surface area contributed by atoms with E-state index in [1.807, 2.05) is 50.2 Å². The molecule has 1 heterocycles. The summed E-state index contributed by atoms with van der Waals surface area (Å²) >= 11 is 6.09. The van der Waals surface area contributed by atoms with Gasteiger partial charge in [0, 0.05) is 43.4 Å². The van der Waals surface area contributed by atoms with Crippen LogP contribution in [0.4, 0.5) is 5.69 Å². The first-order chi connectivity index (χ1) is 12.5. The van der Waals surface area contributed by atoms with Gasteiger partial charge in [-0.2, -0.15) is 0 Å². The fourth-order valence-electron chi connectivity index (χ4n) is 3.42. The molecule has 1 atom stereocenters. The van der Waals surface area contributed by atoms with E-state index in [0.29, 0.717) is 13.2 Å². The second kappa shape index (κ2) is 8.76.